The lowest BCUT2D eigenvalue weighted by Gasteiger charge is -2.33. The van der Waals surface area contributed by atoms with Crippen LogP contribution in [0.4, 0.5) is 5.13 Å². The second-order valence-electron chi connectivity index (χ2n) is 5.69. The molecule has 3 heterocycles. The number of hydrogen-bond donors (Lipinski definition) is 1. The quantitative estimate of drug-likeness (QED) is 0.910. The van der Waals surface area contributed by atoms with Crippen molar-refractivity contribution in [1.29, 1.82) is 0 Å². The van der Waals surface area contributed by atoms with Gasteiger partial charge < -0.3 is 10.0 Å². The lowest BCUT2D eigenvalue weighted by molar-refractivity contribution is 0.283. The van der Waals surface area contributed by atoms with E-state index in [2.05, 4.69) is 37.1 Å². The minimum Gasteiger partial charge on any atom is -0.391 e. The number of rotatable bonds is 4. The second kappa shape index (κ2) is 6.07. The lowest BCUT2D eigenvalue weighted by Crippen LogP contribution is -2.33. The summed E-state index contributed by atoms with van der Waals surface area (Å²) in [7, 11) is 0. The summed E-state index contributed by atoms with van der Waals surface area (Å²) < 4.78 is 0. The van der Waals surface area contributed by atoms with Gasteiger partial charge in [0.15, 0.2) is 5.13 Å². The smallest absolute Gasteiger partial charge is 0.186 e. The molecule has 0 aromatic carbocycles. The van der Waals surface area contributed by atoms with Gasteiger partial charge in [0.05, 0.1) is 23.2 Å². The fraction of sp³-hybridized carbons (Fsp3) is 0.562. The molecule has 0 spiro atoms. The van der Waals surface area contributed by atoms with E-state index in [0.29, 0.717) is 12.0 Å². The van der Waals surface area contributed by atoms with Gasteiger partial charge in [0.2, 0.25) is 0 Å². The van der Waals surface area contributed by atoms with E-state index in [4.69, 9.17) is 4.98 Å². The van der Waals surface area contributed by atoms with Gasteiger partial charge in [-0.15, -0.1) is 11.3 Å². The maximum atomic E-state index is 9.62. The van der Waals surface area contributed by atoms with Crippen LogP contribution in [0.3, 0.4) is 0 Å². The molecule has 2 aromatic heterocycles. The van der Waals surface area contributed by atoms with Gasteiger partial charge in [-0.1, -0.05) is 25.2 Å². The van der Waals surface area contributed by atoms with E-state index >= 15 is 0 Å². The van der Waals surface area contributed by atoms with E-state index in [1.165, 1.54) is 10.4 Å². The first kappa shape index (κ1) is 15.0. The number of aliphatic hydroxyl groups is 1. The zero-order chi connectivity index (χ0) is 15.0. The third-order valence-electron chi connectivity index (χ3n) is 4.46. The molecule has 1 aliphatic rings. The second-order valence-corrected chi connectivity index (χ2v) is 7.75. The Labute approximate surface area is 134 Å². The normalized spacial score (nSPS) is 19.6. The highest BCUT2D eigenvalue weighted by Gasteiger charge is 2.28. The highest BCUT2D eigenvalue weighted by Crippen LogP contribution is 2.39. The first-order chi connectivity index (χ1) is 10.2. The van der Waals surface area contributed by atoms with Crippen LogP contribution in [-0.2, 0) is 13.0 Å². The molecular formula is C16H22N2OS2. The Morgan fingerprint density at radius 2 is 2.33 bits per heavy atom. The molecule has 0 saturated heterocycles. The predicted molar refractivity (Wildman–Crippen MR) is 90.5 cm³/mol. The summed E-state index contributed by atoms with van der Waals surface area (Å²) in [5, 5.41) is 12.9. The number of aliphatic hydroxyl groups excluding tert-OH is 1. The van der Waals surface area contributed by atoms with Crippen LogP contribution in [0.2, 0.25) is 0 Å². The summed E-state index contributed by atoms with van der Waals surface area (Å²) in [5.41, 5.74) is 2.53. The largest absolute Gasteiger partial charge is 0.391 e. The van der Waals surface area contributed by atoms with Crippen LogP contribution in [0, 0.1) is 0 Å². The molecule has 2 unspecified atom stereocenters. The number of aromatic nitrogens is 1. The molecule has 2 aromatic rings. The summed E-state index contributed by atoms with van der Waals surface area (Å²) in [4.78, 5) is 9.81. The Balaban J connectivity index is 1.93. The van der Waals surface area contributed by atoms with Crippen molar-refractivity contribution in [3.05, 3.63) is 32.5 Å². The van der Waals surface area contributed by atoms with Crippen molar-refractivity contribution in [3.63, 3.8) is 0 Å². The molecule has 0 bridgehead atoms. The van der Waals surface area contributed by atoms with Gasteiger partial charge in [-0.2, -0.15) is 0 Å². The Hall–Kier alpha value is -0.910. The molecule has 0 fully saturated rings. The van der Waals surface area contributed by atoms with Crippen molar-refractivity contribution >= 4 is 27.8 Å². The number of hydrogen-bond acceptors (Lipinski definition) is 5. The molecular weight excluding hydrogens is 300 g/mol. The Morgan fingerprint density at radius 3 is 3.05 bits per heavy atom. The summed E-state index contributed by atoms with van der Waals surface area (Å²) in [5.74, 6) is 0.411. The van der Waals surface area contributed by atoms with Crippen LogP contribution in [-0.4, -0.2) is 16.6 Å². The monoisotopic (exact) mass is 322 g/mol. The molecule has 21 heavy (non-hydrogen) atoms. The summed E-state index contributed by atoms with van der Waals surface area (Å²) in [6.45, 7) is 7.74. The third-order valence-corrected chi connectivity index (χ3v) is 6.55. The number of nitrogens with zero attached hydrogens (tertiary/aromatic N) is 2. The van der Waals surface area contributed by atoms with Crippen LogP contribution in [0.5, 0.6) is 0 Å². The molecule has 0 aliphatic carbocycles. The van der Waals surface area contributed by atoms with Crippen molar-refractivity contribution in [2.45, 2.75) is 52.2 Å². The van der Waals surface area contributed by atoms with Gasteiger partial charge in [0.1, 0.15) is 0 Å². The highest BCUT2D eigenvalue weighted by atomic mass is 32.1. The number of anilines is 1. The number of thiazole rings is 1. The fourth-order valence-corrected chi connectivity index (χ4v) is 5.05. The number of fused-ring (bicyclic) bond motifs is 1. The maximum Gasteiger partial charge on any atom is 0.186 e. The zero-order valence-corrected chi connectivity index (χ0v) is 14.4. The van der Waals surface area contributed by atoms with Crippen LogP contribution in [0.15, 0.2) is 11.4 Å². The average molecular weight is 322 g/mol. The standard InChI is InChI=1S/C16H22N2OS2/c1-4-10(2)15-14(9-19)21-16(17-15)18-7-5-13-12(11(18)3)6-8-20-13/h6,8,10-11,19H,4-5,7,9H2,1-3H3. The molecule has 114 valence electrons. The minimum atomic E-state index is 0.100. The fourth-order valence-electron chi connectivity index (χ4n) is 2.94. The van der Waals surface area contributed by atoms with Gasteiger partial charge >= 0.3 is 0 Å². The molecule has 1 aliphatic heterocycles. The zero-order valence-electron chi connectivity index (χ0n) is 12.8. The SMILES string of the molecule is CCC(C)c1nc(N2CCc3sccc3C2C)sc1CO. The lowest BCUT2D eigenvalue weighted by atomic mass is 10.0. The van der Waals surface area contributed by atoms with E-state index in [0.717, 1.165) is 35.1 Å². The minimum absolute atomic E-state index is 0.100. The molecule has 1 N–H and O–H groups in total. The van der Waals surface area contributed by atoms with Gasteiger partial charge in [-0.3, -0.25) is 0 Å². The molecule has 3 rings (SSSR count). The molecule has 0 amide bonds. The van der Waals surface area contributed by atoms with Gasteiger partial charge in [-0.25, -0.2) is 4.98 Å². The average Bonchev–Trinajstić information content (AvgIpc) is 3.13. The van der Waals surface area contributed by atoms with Crippen molar-refractivity contribution in [2.75, 3.05) is 11.4 Å². The van der Waals surface area contributed by atoms with E-state index in [-0.39, 0.29) is 6.61 Å². The van der Waals surface area contributed by atoms with Crippen LogP contribution in [0.25, 0.3) is 0 Å². The van der Waals surface area contributed by atoms with Crippen molar-refractivity contribution in [2.24, 2.45) is 0 Å². The topological polar surface area (TPSA) is 36.4 Å². The van der Waals surface area contributed by atoms with Crippen LogP contribution in [0.1, 0.15) is 60.2 Å². The van der Waals surface area contributed by atoms with Gasteiger partial charge in [0, 0.05) is 11.4 Å². The van der Waals surface area contributed by atoms with Crippen LogP contribution < -0.4 is 4.90 Å². The van der Waals surface area contributed by atoms with E-state index in [1.807, 2.05) is 11.3 Å². The first-order valence-electron chi connectivity index (χ1n) is 7.59. The van der Waals surface area contributed by atoms with Crippen LogP contribution >= 0.6 is 22.7 Å². The number of thiophene rings is 1. The molecule has 0 saturated carbocycles. The van der Waals surface area contributed by atoms with E-state index in [1.54, 1.807) is 11.3 Å². The Bertz CT molecular complexity index is 620. The molecule has 0 radical (unpaired) electrons. The van der Waals surface area contributed by atoms with Crippen molar-refractivity contribution in [3.8, 4) is 0 Å². The van der Waals surface area contributed by atoms with E-state index < -0.39 is 0 Å². The molecule has 2 atom stereocenters. The van der Waals surface area contributed by atoms with Crippen molar-refractivity contribution in [1.82, 2.24) is 4.98 Å². The maximum absolute atomic E-state index is 9.62. The predicted octanol–water partition coefficient (Wildman–Crippen LogP) is 4.33. The van der Waals surface area contributed by atoms with Crippen molar-refractivity contribution < 1.29 is 5.11 Å². The third kappa shape index (κ3) is 2.62. The van der Waals surface area contributed by atoms with Gasteiger partial charge in [-0.05, 0) is 42.7 Å². The highest BCUT2D eigenvalue weighted by molar-refractivity contribution is 7.15. The van der Waals surface area contributed by atoms with E-state index in [9.17, 15) is 5.11 Å². The Kier molecular flexibility index (Phi) is 4.33. The van der Waals surface area contributed by atoms with Gasteiger partial charge in [0.25, 0.3) is 0 Å². The Morgan fingerprint density at radius 1 is 1.52 bits per heavy atom. The molecule has 5 heteroatoms. The first-order valence-corrected chi connectivity index (χ1v) is 9.28. The summed E-state index contributed by atoms with van der Waals surface area (Å²) in [6, 6.07) is 2.62. The molecule has 3 nitrogen and oxygen atoms in total. The summed E-state index contributed by atoms with van der Waals surface area (Å²) in [6.07, 6.45) is 2.16. The summed E-state index contributed by atoms with van der Waals surface area (Å²) >= 11 is 3.52.